The van der Waals surface area contributed by atoms with Crippen molar-refractivity contribution in [1.29, 1.82) is 0 Å². The van der Waals surface area contributed by atoms with Crippen molar-refractivity contribution >= 4 is 5.97 Å². The Kier molecular flexibility index (Phi) is 9.83. The van der Waals surface area contributed by atoms with Gasteiger partial charge in [0.1, 0.15) is 6.10 Å². The highest BCUT2D eigenvalue weighted by molar-refractivity contribution is 5.66. The van der Waals surface area contributed by atoms with Crippen LogP contribution < -0.4 is 5.48 Å². The first-order valence-electron chi connectivity index (χ1n) is 10.7. The third-order valence-electron chi connectivity index (χ3n) is 5.65. The minimum Gasteiger partial charge on any atom is -0.481 e. The average molecular weight is 394 g/mol. The maximum Gasteiger partial charge on any atom is 0.305 e. The van der Waals surface area contributed by atoms with E-state index >= 15 is 0 Å². The quantitative estimate of drug-likeness (QED) is 0.218. The Labute approximate surface area is 168 Å². The van der Waals surface area contributed by atoms with Crippen LogP contribution in [-0.2, 0) is 9.63 Å². The standard InChI is InChI=1S/C22H35NO5/c1-2-3-4-5-6-7-8-9-17(24)11-10-16-14-18-19(22(16)27)15-20(18)23-28-13-12-21(25)26/h16-17,19,22-24,27H,2-9,12-15H2,1H3,(H,25,26). The summed E-state index contributed by atoms with van der Waals surface area (Å²) in [6.45, 7) is 2.32. The van der Waals surface area contributed by atoms with Crippen molar-refractivity contribution in [3.05, 3.63) is 11.3 Å². The predicted molar refractivity (Wildman–Crippen MR) is 107 cm³/mol. The van der Waals surface area contributed by atoms with E-state index in [0.717, 1.165) is 24.1 Å². The Morgan fingerprint density at radius 2 is 1.93 bits per heavy atom. The molecule has 158 valence electrons. The van der Waals surface area contributed by atoms with Crippen molar-refractivity contribution in [3.63, 3.8) is 0 Å². The van der Waals surface area contributed by atoms with Gasteiger partial charge in [-0.15, -0.1) is 0 Å². The number of hydrogen-bond acceptors (Lipinski definition) is 5. The van der Waals surface area contributed by atoms with Crippen molar-refractivity contribution in [2.24, 2.45) is 11.8 Å². The summed E-state index contributed by atoms with van der Waals surface area (Å²) in [6, 6.07) is 0. The number of hydrogen-bond donors (Lipinski definition) is 4. The van der Waals surface area contributed by atoms with Gasteiger partial charge in [-0.25, -0.2) is 0 Å². The topological polar surface area (TPSA) is 99.0 Å². The van der Waals surface area contributed by atoms with E-state index in [9.17, 15) is 15.0 Å². The Balaban J connectivity index is 1.66. The number of allylic oxidation sites excluding steroid dienone is 1. The largest absolute Gasteiger partial charge is 0.481 e. The maximum atomic E-state index is 10.5. The Bertz CT molecular complexity index is 591. The van der Waals surface area contributed by atoms with Gasteiger partial charge < -0.3 is 15.3 Å². The first-order chi connectivity index (χ1) is 13.5. The molecule has 6 nitrogen and oxygen atoms in total. The van der Waals surface area contributed by atoms with Crippen LogP contribution >= 0.6 is 0 Å². The van der Waals surface area contributed by atoms with Gasteiger partial charge >= 0.3 is 5.97 Å². The molecule has 0 aromatic carbocycles. The van der Waals surface area contributed by atoms with Gasteiger partial charge in [0.05, 0.1) is 25.0 Å². The first-order valence-corrected chi connectivity index (χ1v) is 10.7. The number of hydroxylamine groups is 1. The van der Waals surface area contributed by atoms with E-state index in [1.165, 1.54) is 32.1 Å². The monoisotopic (exact) mass is 393 g/mol. The molecule has 1 saturated carbocycles. The lowest BCUT2D eigenvalue weighted by molar-refractivity contribution is -0.138. The second-order valence-electron chi connectivity index (χ2n) is 7.92. The minimum absolute atomic E-state index is 0.0492. The fourth-order valence-electron chi connectivity index (χ4n) is 3.90. The second kappa shape index (κ2) is 12.1. The number of aliphatic carboxylic acids is 1. The lowest BCUT2D eigenvalue weighted by atomic mass is 9.83. The number of aliphatic hydroxyl groups excluding tert-OH is 2. The number of unbranched alkanes of at least 4 members (excludes halogenated alkanes) is 6. The molecule has 0 heterocycles. The number of aliphatic hydroxyl groups is 2. The van der Waals surface area contributed by atoms with Crippen LogP contribution in [0.5, 0.6) is 0 Å². The summed E-state index contributed by atoms with van der Waals surface area (Å²) in [6.07, 6.45) is 9.39. The van der Waals surface area contributed by atoms with E-state index in [0.29, 0.717) is 19.3 Å². The Morgan fingerprint density at radius 3 is 2.64 bits per heavy atom. The lowest BCUT2D eigenvalue weighted by Gasteiger charge is -2.30. The Morgan fingerprint density at radius 1 is 1.21 bits per heavy atom. The first kappa shape index (κ1) is 22.7. The highest BCUT2D eigenvalue weighted by atomic mass is 16.6. The highest BCUT2D eigenvalue weighted by Crippen LogP contribution is 2.48. The van der Waals surface area contributed by atoms with Crippen molar-refractivity contribution < 1.29 is 25.0 Å². The van der Waals surface area contributed by atoms with E-state index in [4.69, 9.17) is 9.94 Å². The van der Waals surface area contributed by atoms with Crippen molar-refractivity contribution in [1.82, 2.24) is 5.48 Å². The fourth-order valence-corrected chi connectivity index (χ4v) is 3.90. The van der Waals surface area contributed by atoms with Crippen LogP contribution in [0.15, 0.2) is 11.3 Å². The molecule has 4 unspecified atom stereocenters. The van der Waals surface area contributed by atoms with Gasteiger partial charge in [0.25, 0.3) is 0 Å². The van der Waals surface area contributed by atoms with Crippen LogP contribution in [0.4, 0.5) is 0 Å². The number of nitrogens with one attached hydrogen (secondary N) is 1. The normalized spacial score (nSPS) is 24.2. The zero-order chi connectivity index (χ0) is 20.4. The molecule has 0 bridgehead atoms. The van der Waals surface area contributed by atoms with Gasteiger partial charge in [0.15, 0.2) is 0 Å². The molecule has 2 aliphatic carbocycles. The average Bonchev–Trinajstić information content (AvgIpc) is 2.89. The minimum atomic E-state index is -0.896. The lowest BCUT2D eigenvalue weighted by Crippen LogP contribution is -2.32. The molecule has 0 amide bonds. The van der Waals surface area contributed by atoms with Gasteiger partial charge in [0, 0.05) is 11.6 Å². The van der Waals surface area contributed by atoms with Crippen LogP contribution in [0.25, 0.3) is 0 Å². The second-order valence-corrected chi connectivity index (χ2v) is 7.92. The molecule has 1 fully saturated rings. The molecule has 28 heavy (non-hydrogen) atoms. The molecule has 0 aromatic rings. The fraction of sp³-hybridized carbons (Fsp3) is 0.773. The molecule has 0 radical (unpaired) electrons. The summed E-state index contributed by atoms with van der Waals surface area (Å²) in [4.78, 5) is 15.6. The summed E-state index contributed by atoms with van der Waals surface area (Å²) in [5.74, 6) is 5.05. The smallest absolute Gasteiger partial charge is 0.305 e. The van der Waals surface area contributed by atoms with Crippen molar-refractivity contribution in [3.8, 4) is 11.8 Å². The molecule has 0 spiro atoms. The predicted octanol–water partition coefficient (Wildman–Crippen LogP) is 3.14. The van der Waals surface area contributed by atoms with E-state index in [1.54, 1.807) is 0 Å². The molecule has 6 heteroatoms. The highest BCUT2D eigenvalue weighted by Gasteiger charge is 2.45. The van der Waals surface area contributed by atoms with Crippen LogP contribution in [0.3, 0.4) is 0 Å². The SMILES string of the molecule is CCCCCCCCCC(O)C#CC1CC2=C(NOCCC(=O)O)CC2C1O. The molecule has 2 aliphatic rings. The molecule has 4 N–H and O–H groups in total. The zero-order valence-corrected chi connectivity index (χ0v) is 17.0. The van der Waals surface area contributed by atoms with E-state index in [1.807, 2.05) is 0 Å². The van der Waals surface area contributed by atoms with Gasteiger partial charge in [-0.1, -0.05) is 57.3 Å². The Hall–Kier alpha value is -1.55. The van der Waals surface area contributed by atoms with Crippen LogP contribution in [-0.4, -0.2) is 40.1 Å². The summed E-state index contributed by atoms with van der Waals surface area (Å²) in [5, 5.41) is 29.1. The number of carboxylic acids is 1. The molecule has 0 aliphatic heterocycles. The van der Waals surface area contributed by atoms with Crippen LogP contribution in [0.1, 0.15) is 77.6 Å². The van der Waals surface area contributed by atoms with Gasteiger partial charge in [-0.05, 0) is 31.3 Å². The number of rotatable bonds is 13. The van der Waals surface area contributed by atoms with Crippen molar-refractivity contribution in [2.45, 2.75) is 89.8 Å². The molecular formula is C22H35NO5. The van der Waals surface area contributed by atoms with Gasteiger partial charge in [-0.3, -0.25) is 15.1 Å². The van der Waals surface area contributed by atoms with Crippen molar-refractivity contribution in [2.75, 3.05) is 6.61 Å². The van der Waals surface area contributed by atoms with E-state index in [-0.39, 0.29) is 24.9 Å². The number of fused-ring (bicyclic) bond motifs is 1. The van der Waals surface area contributed by atoms with E-state index < -0.39 is 18.2 Å². The summed E-state index contributed by atoms with van der Waals surface area (Å²) >= 11 is 0. The molecular weight excluding hydrogens is 358 g/mol. The summed E-state index contributed by atoms with van der Waals surface area (Å²) in [7, 11) is 0. The third-order valence-corrected chi connectivity index (χ3v) is 5.65. The van der Waals surface area contributed by atoms with Crippen LogP contribution in [0, 0.1) is 23.7 Å². The molecule has 0 aromatic heterocycles. The summed E-state index contributed by atoms with van der Waals surface area (Å²) < 4.78 is 0. The summed E-state index contributed by atoms with van der Waals surface area (Å²) in [5.41, 5.74) is 4.86. The zero-order valence-electron chi connectivity index (χ0n) is 17.0. The molecule has 0 saturated heterocycles. The van der Waals surface area contributed by atoms with E-state index in [2.05, 4.69) is 24.2 Å². The number of carboxylic acid groups (broad SMARTS) is 1. The molecule has 2 rings (SSSR count). The number of carbonyl (C=O) groups is 1. The van der Waals surface area contributed by atoms with Crippen LogP contribution in [0.2, 0.25) is 0 Å². The maximum absolute atomic E-state index is 10.5. The van der Waals surface area contributed by atoms with Gasteiger partial charge in [-0.2, -0.15) is 0 Å². The third kappa shape index (κ3) is 7.12. The molecule has 4 atom stereocenters. The van der Waals surface area contributed by atoms with Gasteiger partial charge in [0.2, 0.25) is 0 Å².